The molecule has 0 bridgehead atoms. The van der Waals surface area contributed by atoms with E-state index < -0.39 is 65.8 Å². The molecule has 7 atom stereocenters. The molecule has 2 saturated heterocycles. The van der Waals surface area contributed by atoms with Gasteiger partial charge in [-0.05, 0) is 31.6 Å². The van der Waals surface area contributed by atoms with Crippen LogP contribution in [0.2, 0.25) is 0 Å². The SMILES string of the molecule is C=CC[C@@H]1OC(=O)CCNC(=O)[C@H](C)N(C)C(=O)[C@@H]([C@H](C)CC)N(C)C(=O)[C@H]([C@@H](C)CC)NC(=O)[C@H]2CCCN2C1=O. The average Bonchev–Trinajstić information content (AvgIpc) is 3.47. The third-order valence-electron chi connectivity index (χ3n) is 8.68. The van der Waals surface area contributed by atoms with E-state index in [1.54, 1.807) is 14.0 Å². The van der Waals surface area contributed by atoms with E-state index in [2.05, 4.69) is 17.2 Å². The van der Waals surface area contributed by atoms with Crippen LogP contribution < -0.4 is 10.6 Å². The van der Waals surface area contributed by atoms with Gasteiger partial charge in [-0.2, -0.15) is 0 Å². The Balaban J connectivity index is 2.55. The van der Waals surface area contributed by atoms with Crippen LogP contribution in [0.1, 0.15) is 73.1 Å². The fraction of sp³-hybridized carbons (Fsp3) is 0.733. The second-order valence-corrected chi connectivity index (χ2v) is 11.5. The predicted octanol–water partition coefficient (Wildman–Crippen LogP) is 1.24. The maximum atomic E-state index is 14.0. The molecule has 2 heterocycles. The van der Waals surface area contributed by atoms with Crippen molar-refractivity contribution in [2.75, 3.05) is 27.2 Å². The van der Waals surface area contributed by atoms with Gasteiger partial charge in [-0.1, -0.05) is 46.6 Å². The maximum absolute atomic E-state index is 14.0. The van der Waals surface area contributed by atoms with Crippen molar-refractivity contribution in [3.05, 3.63) is 12.7 Å². The molecule has 0 aromatic rings. The zero-order valence-electron chi connectivity index (χ0n) is 26.2. The molecular weight excluding hydrogens is 542 g/mol. The summed E-state index contributed by atoms with van der Waals surface area (Å²) < 4.78 is 5.46. The van der Waals surface area contributed by atoms with Gasteiger partial charge in [-0.3, -0.25) is 28.8 Å². The van der Waals surface area contributed by atoms with Gasteiger partial charge in [0.15, 0.2) is 6.10 Å². The summed E-state index contributed by atoms with van der Waals surface area (Å²) in [5.74, 6) is -3.49. The molecule has 42 heavy (non-hydrogen) atoms. The van der Waals surface area contributed by atoms with Crippen LogP contribution in [0, 0.1) is 11.8 Å². The van der Waals surface area contributed by atoms with Gasteiger partial charge in [0.05, 0.1) is 6.42 Å². The van der Waals surface area contributed by atoms with Gasteiger partial charge in [0, 0.05) is 33.6 Å². The molecule has 2 fully saturated rings. The molecule has 2 rings (SSSR count). The lowest BCUT2D eigenvalue weighted by Crippen LogP contribution is -2.61. The lowest BCUT2D eigenvalue weighted by atomic mass is 9.92. The molecule has 0 aromatic carbocycles. The van der Waals surface area contributed by atoms with Crippen molar-refractivity contribution in [2.24, 2.45) is 11.8 Å². The standard InChI is InChI=1S/C30H49N5O7/c1-9-13-22-28(39)35-17-12-14-21(35)27(38)32-24(18(4)10-2)29(40)34(8)25(19(5)11-3)30(41)33(7)20(6)26(37)31-16-15-23(36)42-22/h9,18-22,24-25H,1,10-17H2,2-8H3,(H,31,37)(H,32,38)/t18-,19+,20-,21+,22-,24-,25+/m0/s1. The number of rotatable bonds is 6. The number of hydrogen-bond donors (Lipinski definition) is 2. The zero-order valence-corrected chi connectivity index (χ0v) is 26.2. The van der Waals surface area contributed by atoms with E-state index in [1.807, 2.05) is 27.7 Å². The number of fused-ring (bicyclic) bond motifs is 1. The number of esters is 1. The number of ether oxygens (including phenoxy) is 1. The van der Waals surface area contributed by atoms with Crippen molar-refractivity contribution in [1.82, 2.24) is 25.3 Å². The minimum absolute atomic E-state index is 0.0570. The molecule has 12 heteroatoms. The predicted molar refractivity (Wildman–Crippen MR) is 157 cm³/mol. The normalized spacial score (nSPS) is 29.0. The van der Waals surface area contributed by atoms with E-state index in [1.165, 1.54) is 27.8 Å². The third-order valence-corrected chi connectivity index (χ3v) is 8.68. The van der Waals surface area contributed by atoms with Gasteiger partial charge < -0.3 is 30.1 Å². The highest BCUT2D eigenvalue weighted by atomic mass is 16.5. The summed E-state index contributed by atoms with van der Waals surface area (Å²) in [4.78, 5) is 84.5. The van der Waals surface area contributed by atoms with Gasteiger partial charge in [0.2, 0.25) is 23.6 Å². The largest absolute Gasteiger partial charge is 0.452 e. The number of amides is 5. The second-order valence-electron chi connectivity index (χ2n) is 11.5. The van der Waals surface area contributed by atoms with Gasteiger partial charge in [-0.15, -0.1) is 6.58 Å². The molecule has 0 saturated carbocycles. The van der Waals surface area contributed by atoms with Crippen LogP contribution in [0.3, 0.4) is 0 Å². The fourth-order valence-electron chi connectivity index (χ4n) is 5.37. The van der Waals surface area contributed by atoms with Crippen LogP contribution in [-0.4, -0.2) is 108 Å². The number of carbonyl (C=O) groups is 6. The average molecular weight is 592 g/mol. The Morgan fingerprint density at radius 3 is 2.19 bits per heavy atom. The van der Waals surface area contributed by atoms with Crippen LogP contribution in [0.4, 0.5) is 0 Å². The highest BCUT2D eigenvalue weighted by molar-refractivity contribution is 5.96. The molecule has 0 aromatic heterocycles. The highest BCUT2D eigenvalue weighted by Crippen LogP contribution is 2.24. The minimum atomic E-state index is -1.17. The van der Waals surface area contributed by atoms with Gasteiger partial charge in [0.1, 0.15) is 24.2 Å². The molecule has 236 valence electrons. The molecule has 0 unspecified atom stereocenters. The van der Waals surface area contributed by atoms with E-state index in [0.717, 1.165) is 0 Å². The topological polar surface area (TPSA) is 145 Å². The second kappa shape index (κ2) is 15.7. The van der Waals surface area contributed by atoms with Crippen LogP contribution in [0.25, 0.3) is 0 Å². The summed E-state index contributed by atoms with van der Waals surface area (Å²) in [5.41, 5.74) is 0. The van der Waals surface area contributed by atoms with E-state index in [9.17, 15) is 28.8 Å². The Hall–Kier alpha value is -3.44. The number of cyclic esters (lactones) is 1. The molecule has 2 N–H and O–H groups in total. The van der Waals surface area contributed by atoms with Gasteiger partial charge in [-0.25, -0.2) is 0 Å². The quantitative estimate of drug-likeness (QED) is 0.349. The molecular formula is C30H49N5O7. The van der Waals surface area contributed by atoms with Crippen LogP contribution in [0.15, 0.2) is 12.7 Å². The zero-order chi connectivity index (χ0) is 31.7. The van der Waals surface area contributed by atoms with Crippen LogP contribution in [0.5, 0.6) is 0 Å². The molecule has 5 amide bonds. The number of carbonyl (C=O) groups excluding carboxylic acids is 6. The van der Waals surface area contributed by atoms with Gasteiger partial charge >= 0.3 is 5.97 Å². The maximum Gasteiger partial charge on any atom is 0.308 e. The summed E-state index contributed by atoms with van der Waals surface area (Å²) in [6, 6.07) is -3.56. The van der Waals surface area contributed by atoms with Crippen LogP contribution in [-0.2, 0) is 33.5 Å². The van der Waals surface area contributed by atoms with Crippen molar-refractivity contribution in [3.63, 3.8) is 0 Å². The lowest BCUT2D eigenvalue weighted by molar-refractivity contribution is -0.161. The Kier molecular flexibility index (Phi) is 13.0. The first-order chi connectivity index (χ1) is 19.8. The number of nitrogens with zero attached hydrogens (tertiary/aromatic N) is 3. The Morgan fingerprint density at radius 2 is 1.60 bits per heavy atom. The van der Waals surface area contributed by atoms with Gasteiger partial charge in [0.25, 0.3) is 5.91 Å². The fourth-order valence-corrected chi connectivity index (χ4v) is 5.37. The molecule has 12 nitrogen and oxygen atoms in total. The molecule has 0 aliphatic carbocycles. The van der Waals surface area contributed by atoms with Crippen LogP contribution >= 0.6 is 0 Å². The first kappa shape index (κ1) is 34.8. The molecule has 2 aliphatic heterocycles. The van der Waals surface area contributed by atoms with Crippen molar-refractivity contribution in [1.29, 1.82) is 0 Å². The van der Waals surface area contributed by atoms with Crippen molar-refractivity contribution in [2.45, 2.75) is 103 Å². The van der Waals surface area contributed by atoms with E-state index in [0.29, 0.717) is 32.2 Å². The number of hydrogen-bond acceptors (Lipinski definition) is 7. The number of nitrogens with one attached hydrogen (secondary N) is 2. The molecule has 0 radical (unpaired) electrons. The summed E-state index contributed by atoms with van der Waals surface area (Å²) in [6.07, 6.45) is 2.30. The lowest BCUT2D eigenvalue weighted by Gasteiger charge is -2.38. The summed E-state index contributed by atoms with van der Waals surface area (Å²) >= 11 is 0. The molecule has 2 aliphatic rings. The monoisotopic (exact) mass is 591 g/mol. The Bertz CT molecular complexity index is 1030. The van der Waals surface area contributed by atoms with E-state index >= 15 is 0 Å². The Morgan fingerprint density at radius 1 is 0.952 bits per heavy atom. The van der Waals surface area contributed by atoms with E-state index in [4.69, 9.17) is 4.74 Å². The summed E-state index contributed by atoms with van der Waals surface area (Å²) in [7, 11) is 3.05. The van der Waals surface area contributed by atoms with Crippen molar-refractivity contribution < 1.29 is 33.5 Å². The summed E-state index contributed by atoms with van der Waals surface area (Å²) in [5, 5.41) is 5.54. The molecule has 0 spiro atoms. The van der Waals surface area contributed by atoms with E-state index in [-0.39, 0.29) is 31.2 Å². The number of likely N-dealkylation sites (N-methyl/N-ethyl adjacent to an activating group) is 2. The summed E-state index contributed by atoms with van der Waals surface area (Å²) in [6.45, 7) is 13.0. The third kappa shape index (κ3) is 8.10. The minimum Gasteiger partial charge on any atom is -0.452 e. The van der Waals surface area contributed by atoms with Crippen molar-refractivity contribution in [3.8, 4) is 0 Å². The Labute approximate surface area is 249 Å². The first-order valence-electron chi connectivity index (χ1n) is 15.0. The smallest absolute Gasteiger partial charge is 0.308 e. The highest BCUT2D eigenvalue weighted by Gasteiger charge is 2.42. The van der Waals surface area contributed by atoms with Crippen molar-refractivity contribution >= 4 is 35.5 Å². The first-order valence-corrected chi connectivity index (χ1v) is 15.0.